The molecule has 1 aromatic carbocycles. The van der Waals surface area contributed by atoms with Crippen molar-refractivity contribution >= 4 is 27.8 Å². The summed E-state index contributed by atoms with van der Waals surface area (Å²) < 4.78 is 15.9. The van der Waals surface area contributed by atoms with Crippen molar-refractivity contribution in [3.05, 3.63) is 34.3 Å². The van der Waals surface area contributed by atoms with Crippen molar-refractivity contribution in [1.82, 2.24) is 4.90 Å². The summed E-state index contributed by atoms with van der Waals surface area (Å²) in [5.74, 6) is 0.913. The molecule has 0 radical (unpaired) electrons. The van der Waals surface area contributed by atoms with Crippen LogP contribution in [0, 0.1) is 0 Å². The number of Topliss-reactive ketones (excluding diaryl/α,β-unsaturated/α-hetero) is 1. The van der Waals surface area contributed by atoms with E-state index < -0.39 is 6.09 Å². The van der Waals surface area contributed by atoms with Gasteiger partial charge in [0.05, 0.1) is 27.4 Å². The molecule has 2 rings (SSSR count). The van der Waals surface area contributed by atoms with Crippen molar-refractivity contribution < 1.29 is 23.8 Å². The first-order valence-electron chi connectivity index (χ1n) is 7.47. The Hall–Kier alpha value is -2.02. The van der Waals surface area contributed by atoms with Gasteiger partial charge in [-0.15, -0.1) is 0 Å². The minimum atomic E-state index is -0.427. The first-order chi connectivity index (χ1) is 11.5. The molecule has 1 aromatic rings. The van der Waals surface area contributed by atoms with Crippen LogP contribution in [0.15, 0.2) is 28.8 Å². The van der Waals surface area contributed by atoms with Crippen LogP contribution in [0.3, 0.4) is 0 Å². The van der Waals surface area contributed by atoms with Gasteiger partial charge >= 0.3 is 6.09 Å². The molecule has 6 nitrogen and oxygen atoms in total. The largest absolute Gasteiger partial charge is 0.493 e. The molecule has 0 fully saturated rings. The van der Waals surface area contributed by atoms with Crippen LogP contribution in [-0.4, -0.2) is 50.7 Å². The van der Waals surface area contributed by atoms with E-state index in [2.05, 4.69) is 15.9 Å². The zero-order valence-electron chi connectivity index (χ0n) is 13.9. The van der Waals surface area contributed by atoms with Crippen LogP contribution in [0.4, 0.5) is 4.79 Å². The molecule has 0 aliphatic carbocycles. The second kappa shape index (κ2) is 8.19. The molecule has 24 heavy (non-hydrogen) atoms. The van der Waals surface area contributed by atoms with Gasteiger partial charge in [-0.1, -0.05) is 12.2 Å². The second-order valence-corrected chi connectivity index (χ2v) is 6.12. The van der Waals surface area contributed by atoms with Gasteiger partial charge in [0.25, 0.3) is 0 Å². The second-order valence-electron chi connectivity index (χ2n) is 5.26. The number of ketones is 1. The van der Waals surface area contributed by atoms with Crippen molar-refractivity contribution in [1.29, 1.82) is 0 Å². The van der Waals surface area contributed by atoms with E-state index in [0.29, 0.717) is 28.1 Å². The SMILES string of the molecule is COC(=O)N1CCC=CC1CC(=O)c1cc(OC)c(OC)cc1Br. The first-order valence-corrected chi connectivity index (χ1v) is 8.27. The van der Waals surface area contributed by atoms with Gasteiger partial charge in [0.15, 0.2) is 17.3 Å². The number of halogens is 1. The molecule has 0 saturated heterocycles. The van der Waals surface area contributed by atoms with Gasteiger partial charge in [-0.25, -0.2) is 4.79 Å². The van der Waals surface area contributed by atoms with Gasteiger partial charge in [-0.3, -0.25) is 4.79 Å². The summed E-state index contributed by atoms with van der Waals surface area (Å²) in [6, 6.07) is 3.01. The highest BCUT2D eigenvalue weighted by Crippen LogP contribution is 2.34. The van der Waals surface area contributed by atoms with Crippen LogP contribution in [-0.2, 0) is 4.74 Å². The summed E-state index contributed by atoms with van der Waals surface area (Å²) in [6.45, 7) is 0.536. The van der Waals surface area contributed by atoms with Gasteiger partial charge < -0.3 is 19.1 Å². The highest BCUT2D eigenvalue weighted by molar-refractivity contribution is 9.10. The van der Waals surface area contributed by atoms with E-state index in [1.54, 1.807) is 17.0 Å². The molecule has 130 valence electrons. The number of carbonyl (C=O) groups is 2. The standard InChI is InChI=1S/C17H20BrNO5/c1-22-15-9-12(13(18)10-16(15)23-2)14(20)8-11-6-4-5-7-19(11)17(21)24-3/h4,6,9-11H,5,7-8H2,1-3H3. The summed E-state index contributed by atoms with van der Waals surface area (Å²) >= 11 is 3.39. The summed E-state index contributed by atoms with van der Waals surface area (Å²) in [4.78, 5) is 26.1. The number of hydrogen-bond donors (Lipinski definition) is 0. The lowest BCUT2D eigenvalue weighted by atomic mass is 9.99. The van der Waals surface area contributed by atoms with E-state index in [9.17, 15) is 9.59 Å². The highest BCUT2D eigenvalue weighted by atomic mass is 79.9. The number of nitrogens with zero attached hydrogens (tertiary/aromatic N) is 1. The summed E-state index contributed by atoms with van der Waals surface area (Å²) in [7, 11) is 4.39. The van der Waals surface area contributed by atoms with E-state index in [-0.39, 0.29) is 18.2 Å². The Balaban J connectivity index is 2.24. The molecule has 0 spiro atoms. The first kappa shape index (κ1) is 18.3. The average molecular weight is 398 g/mol. The maximum atomic E-state index is 12.7. The zero-order chi connectivity index (χ0) is 17.7. The molecule has 0 aromatic heterocycles. The fraction of sp³-hybridized carbons (Fsp3) is 0.412. The molecule has 1 amide bonds. The lowest BCUT2D eigenvalue weighted by Gasteiger charge is -2.30. The molecule has 7 heteroatoms. The van der Waals surface area contributed by atoms with Crippen LogP contribution < -0.4 is 9.47 Å². The number of ether oxygens (including phenoxy) is 3. The molecular formula is C17H20BrNO5. The van der Waals surface area contributed by atoms with Crippen molar-refractivity contribution in [2.24, 2.45) is 0 Å². The quantitative estimate of drug-likeness (QED) is 0.562. The predicted octanol–water partition coefficient (Wildman–Crippen LogP) is 3.44. The van der Waals surface area contributed by atoms with Crippen LogP contribution >= 0.6 is 15.9 Å². The minimum absolute atomic E-state index is 0.103. The van der Waals surface area contributed by atoms with Gasteiger partial charge in [-0.05, 0) is 34.5 Å². The highest BCUT2D eigenvalue weighted by Gasteiger charge is 2.27. The Morgan fingerprint density at radius 3 is 2.50 bits per heavy atom. The number of rotatable bonds is 5. The van der Waals surface area contributed by atoms with Crippen molar-refractivity contribution in [3.8, 4) is 11.5 Å². The monoisotopic (exact) mass is 397 g/mol. The molecule has 0 bridgehead atoms. The third-order valence-corrected chi connectivity index (χ3v) is 4.53. The van der Waals surface area contributed by atoms with E-state index in [1.807, 2.05) is 12.2 Å². The summed E-state index contributed by atoms with van der Waals surface area (Å²) in [5.41, 5.74) is 0.483. The molecule has 1 unspecified atom stereocenters. The topological polar surface area (TPSA) is 65.1 Å². The maximum absolute atomic E-state index is 12.7. The summed E-state index contributed by atoms with van der Waals surface area (Å²) in [6.07, 6.45) is 4.33. The van der Waals surface area contributed by atoms with Crippen molar-refractivity contribution in [2.45, 2.75) is 18.9 Å². The molecular weight excluding hydrogens is 378 g/mol. The third kappa shape index (κ3) is 3.90. The normalized spacial score (nSPS) is 16.7. The molecule has 1 atom stereocenters. The van der Waals surface area contributed by atoms with Crippen LogP contribution in [0.25, 0.3) is 0 Å². The van der Waals surface area contributed by atoms with Gasteiger partial charge in [0, 0.05) is 23.0 Å². The molecule has 1 aliphatic heterocycles. The van der Waals surface area contributed by atoms with Crippen LogP contribution in [0.5, 0.6) is 11.5 Å². The van der Waals surface area contributed by atoms with E-state index in [1.165, 1.54) is 21.3 Å². The summed E-state index contributed by atoms with van der Waals surface area (Å²) in [5, 5.41) is 0. The van der Waals surface area contributed by atoms with E-state index in [4.69, 9.17) is 14.2 Å². The molecule has 0 N–H and O–H groups in total. The zero-order valence-corrected chi connectivity index (χ0v) is 15.5. The number of benzene rings is 1. The van der Waals surface area contributed by atoms with E-state index in [0.717, 1.165) is 6.42 Å². The fourth-order valence-corrected chi connectivity index (χ4v) is 3.17. The minimum Gasteiger partial charge on any atom is -0.493 e. The van der Waals surface area contributed by atoms with Crippen LogP contribution in [0.2, 0.25) is 0 Å². The third-order valence-electron chi connectivity index (χ3n) is 3.87. The number of methoxy groups -OCH3 is 3. The van der Waals surface area contributed by atoms with Gasteiger partial charge in [0.1, 0.15) is 0 Å². The maximum Gasteiger partial charge on any atom is 0.409 e. The smallest absolute Gasteiger partial charge is 0.409 e. The number of carbonyl (C=O) groups excluding carboxylic acids is 2. The van der Waals surface area contributed by atoms with Gasteiger partial charge in [-0.2, -0.15) is 0 Å². The average Bonchev–Trinajstić information content (AvgIpc) is 2.61. The predicted molar refractivity (Wildman–Crippen MR) is 92.8 cm³/mol. The Morgan fingerprint density at radius 1 is 1.21 bits per heavy atom. The van der Waals surface area contributed by atoms with E-state index >= 15 is 0 Å². The Kier molecular flexibility index (Phi) is 6.25. The van der Waals surface area contributed by atoms with Crippen molar-refractivity contribution in [3.63, 3.8) is 0 Å². The lowest BCUT2D eigenvalue weighted by molar-refractivity contribution is 0.0897. The Labute approximate surface area is 149 Å². The molecule has 0 saturated carbocycles. The molecule has 1 aliphatic rings. The number of hydrogen-bond acceptors (Lipinski definition) is 5. The van der Waals surface area contributed by atoms with Gasteiger partial charge in [0.2, 0.25) is 0 Å². The lowest BCUT2D eigenvalue weighted by Crippen LogP contribution is -2.42. The number of amides is 1. The molecule has 1 heterocycles. The fourth-order valence-electron chi connectivity index (χ4n) is 2.63. The Morgan fingerprint density at radius 2 is 1.88 bits per heavy atom. The van der Waals surface area contributed by atoms with Crippen molar-refractivity contribution in [2.75, 3.05) is 27.9 Å². The Bertz CT molecular complexity index is 659. The van der Waals surface area contributed by atoms with Crippen LogP contribution in [0.1, 0.15) is 23.2 Å².